The molecule has 2 aliphatic rings. The van der Waals surface area contributed by atoms with Crippen LogP contribution in [0.15, 0.2) is 12.2 Å². The second kappa shape index (κ2) is 3.73. The maximum Gasteiger partial charge on any atom is 0.335 e. The van der Waals surface area contributed by atoms with E-state index in [4.69, 9.17) is 9.47 Å². The number of carbonyl (C=O) groups is 1. The van der Waals surface area contributed by atoms with Crippen molar-refractivity contribution in [2.24, 2.45) is 5.92 Å². The van der Waals surface area contributed by atoms with Crippen LogP contribution in [0.5, 0.6) is 0 Å². The number of ether oxygens (including phenoxy) is 2. The van der Waals surface area contributed by atoms with E-state index in [9.17, 15) is 4.79 Å². The van der Waals surface area contributed by atoms with Crippen molar-refractivity contribution < 1.29 is 14.3 Å². The molecule has 3 nitrogen and oxygen atoms in total. The van der Waals surface area contributed by atoms with Crippen LogP contribution in [0.3, 0.4) is 0 Å². The van der Waals surface area contributed by atoms with Gasteiger partial charge in [-0.05, 0) is 19.8 Å². The van der Waals surface area contributed by atoms with Crippen LogP contribution in [0.4, 0.5) is 0 Å². The van der Waals surface area contributed by atoms with Gasteiger partial charge in [0.15, 0.2) is 0 Å². The first-order chi connectivity index (χ1) is 6.68. The topological polar surface area (TPSA) is 35.5 Å². The van der Waals surface area contributed by atoms with Crippen molar-refractivity contribution in [2.45, 2.75) is 45.0 Å². The Balaban J connectivity index is 1.84. The standard InChI is InChI=1S/C11H16O3/c1-7(2)10(12)14-11-8-5-3-4-6-9(8)13-11/h8-9,11H,1,3-6H2,2H3. The van der Waals surface area contributed by atoms with E-state index in [-0.39, 0.29) is 12.3 Å². The molecule has 3 unspecified atom stereocenters. The fourth-order valence-corrected chi connectivity index (χ4v) is 2.11. The normalized spacial score (nSPS) is 35.4. The molecular weight excluding hydrogens is 180 g/mol. The van der Waals surface area contributed by atoms with Crippen LogP contribution in [0, 0.1) is 5.92 Å². The summed E-state index contributed by atoms with van der Waals surface area (Å²) in [5, 5.41) is 0. The van der Waals surface area contributed by atoms with Crippen molar-refractivity contribution in [1.29, 1.82) is 0 Å². The van der Waals surface area contributed by atoms with Crippen LogP contribution < -0.4 is 0 Å². The minimum atomic E-state index is -0.334. The summed E-state index contributed by atoms with van der Waals surface area (Å²) in [6.07, 6.45) is 4.75. The second-order valence-electron chi connectivity index (χ2n) is 4.18. The number of hydrogen-bond acceptors (Lipinski definition) is 3. The zero-order valence-electron chi connectivity index (χ0n) is 8.49. The predicted octanol–water partition coefficient (Wildman–Crippen LogP) is 2.02. The molecule has 0 aromatic rings. The maximum atomic E-state index is 11.2. The van der Waals surface area contributed by atoms with Crippen molar-refractivity contribution >= 4 is 5.97 Å². The summed E-state index contributed by atoms with van der Waals surface area (Å²) in [6, 6.07) is 0. The van der Waals surface area contributed by atoms with Crippen LogP contribution in [0.25, 0.3) is 0 Å². The molecule has 0 aromatic carbocycles. The molecular formula is C11H16O3. The molecule has 78 valence electrons. The Morgan fingerprint density at radius 1 is 1.43 bits per heavy atom. The molecule has 1 heterocycles. The number of carbonyl (C=O) groups excluding carboxylic acids is 1. The van der Waals surface area contributed by atoms with Gasteiger partial charge in [-0.2, -0.15) is 0 Å². The molecule has 0 radical (unpaired) electrons. The number of rotatable bonds is 2. The summed E-state index contributed by atoms with van der Waals surface area (Å²) < 4.78 is 10.6. The molecule has 2 rings (SSSR count). The summed E-state index contributed by atoms with van der Waals surface area (Å²) >= 11 is 0. The zero-order chi connectivity index (χ0) is 10.1. The van der Waals surface area contributed by atoms with Gasteiger partial charge in [-0.15, -0.1) is 0 Å². The number of hydrogen-bond donors (Lipinski definition) is 0. The lowest BCUT2D eigenvalue weighted by molar-refractivity contribution is -0.297. The van der Waals surface area contributed by atoms with Gasteiger partial charge in [-0.1, -0.05) is 19.4 Å². The Bertz CT molecular complexity index is 259. The van der Waals surface area contributed by atoms with Crippen molar-refractivity contribution in [2.75, 3.05) is 0 Å². The third-order valence-electron chi connectivity index (χ3n) is 2.98. The Hall–Kier alpha value is -0.830. The van der Waals surface area contributed by atoms with Crippen LogP contribution in [0.2, 0.25) is 0 Å². The van der Waals surface area contributed by atoms with Crippen LogP contribution >= 0.6 is 0 Å². The Morgan fingerprint density at radius 2 is 2.14 bits per heavy atom. The van der Waals surface area contributed by atoms with Crippen LogP contribution in [-0.4, -0.2) is 18.4 Å². The van der Waals surface area contributed by atoms with Gasteiger partial charge in [0.25, 0.3) is 0 Å². The molecule has 0 bridgehead atoms. The highest BCUT2D eigenvalue weighted by Gasteiger charge is 2.45. The highest BCUT2D eigenvalue weighted by Crippen LogP contribution is 2.40. The second-order valence-corrected chi connectivity index (χ2v) is 4.18. The fourth-order valence-electron chi connectivity index (χ4n) is 2.11. The first-order valence-corrected chi connectivity index (χ1v) is 5.20. The average molecular weight is 196 g/mol. The third-order valence-corrected chi connectivity index (χ3v) is 2.98. The fraction of sp³-hybridized carbons (Fsp3) is 0.727. The maximum absolute atomic E-state index is 11.2. The van der Waals surface area contributed by atoms with E-state index in [1.54, 1.807) is 6.92 Å². The van der Waals surface area contributed by atoms with Crippen molar-refractivity contribution in [3.8, 4) is 0 Å². The molecule has 1 saturated heterocycles. The van der Waals surface area contributed by atoms with E-state index in [2.05, 4.69) is 6.58 Å². The van der Waals surface area contributed by atoms with Gasteiger partial charge in [0.2, 0.25) is 6.29 Å². The van der Waals surface area contributed by atoms with Gasteiger partial charge >= 0.3 is 5.97 Å². The third kappa shape index (κ3) is 1.69. The molecule has 3 atom stereocenters. The smallest absolute Gasteiger partial charge is 0.335 e. The molecule has 1 aliphatic heterocycles. The molecule has 0 spiro atoms. The highest BCUT2D eigenvalue weighted by molar-refractivity contribution is 5.87. The molecule has 2 fully saturated rings. The lowest BCUT2D eigenvalue weighted by atomic mass is 9.82. The van der Waals surface area contributed by atoms with Gasteiger partial charge in [-0.3, -0.25) is 0 Å². The molecule has 3 heteroatoms. The zero-order valence-corrected chi connectivity index (χ0v) is 8.49. The molecule has 0 aromatic heterocycles. The summed E-state index contributed by atoms with van der Waals surface area (Å²) in [7, 11) is 0. The minimum absolute atomic E-state index is 0.301. The SMILES string of the molecule is C=C(C)C(=O)OC1OC2CCCCC21. The van der Waals surface area contributed by atoms with E-state index in [1.807, 2.05) is 0 Å². The van der Waals surface area contributed by atoms with Crippen molar-refractivity contribution in [1.82, 2.24) is 0 Å². The van der Waals surface area contributed by atoms with Gasteiger partial charge in [0.05, 0.1) is 6.10 Å². The molecule has 14 heavy (non-hydrogen) atoms. The average Bonchev–Trinajstić information content (AvgIpc) is 2.13. The van der Waals surface area contributed by atoms with E-state index in [1.165, 1.54) is 12.8 Å². The summed E-state index contributed by atoms with van der Waals surface area (Å²) in [6.45, 7) is 5.19. The lowest BCUT2D eigenvalue weighted by Crippen LogP contribution is -2.52. The minimum Gasteiger partial charge on any atom is -0.432 e. The number of fused-ring (bicyclic) bond motifs is 1. The predicted molar refractivity (Wildman–Crippen MR) is 51.5 cm³/mol. The van der Waals surface area contributed by atoms with Gasteiger partial charge in [0.1, 0.15) is 0 Å². The summed E-state index contributed by atoms with van der Waals surface area (Å²) in [5.74, 6) is 0.103. The Labute approximate surface area is 84.1 Å². The van der Waals surface area contributed by atoms with E-state index in [0.29, 0.717) is 17.6 Å². The first kappa shape index (κ1) is 9.71. The van der Waals surface area contributed by atoms with Gasteiger partial charge in [0, 0.05) is 11.5 Å². The Morgan fingerprint density at radius 3 is 2.79 bits per heavy atom. The monoisotopic (exact) mass is 196 g/mol. The van der Waals surface area contributed by atoms with Gasteiger partial charge < -0.3 is 9.47 Å². The van der Waals surface area contributed by atoms with E-state index < -0.39 is 0 Å². The summed E-state index contributed by atoms with van der Waals surface area (Å²) in [4.78, 5) is 11.2. The van der Waals surface area contributed by atoms with Gasteiger partial charge in [-0.25, -0.2) is 4.79 Å². The van der Waals surface area contributed by atoms with E-state index >= 15 is 0 Å². The largest absolute Gasteiger partial charge is 0.432 e. The van der Waals surface area contributed by atoms with Crippen LogP contribution in [-0.2, 0) is 14.3 Å². The Kier molecular flexibility index (Phi) is 2.59. The highest BCUT2D eigenvalue weighted by atomic mass is 16.7. The summed E-state index contributed by atoms with van der Waals surface area (Å²) in [5.41, 5.74) is 0.438. The molecule has 0 N–H and O–H groups in total. The van der Waals surface area contributed by atoms with Crippen molar-refractivity contribution in [3.05, 3.63) is 12.2 Å². The first-order valence-electron chi connectivity index (χ1n) is 5.20. The van der Waals surface area contributed by atoms with Crippen molar-refractivity contribution in [3.63, 3.8) is 0 Å². The molecule has 1 saturated carbocycles. The van der Waals surface area contributed by atoms with E-state index in [0.717, 1.165) is 12.8 Å². The lowest BCUT2D eigenvalue weighted by Gasteiger charge is -2.46. The molecule has 1 aliphatic carbocycles. The number of esters is 1. The molecule has 0 amide bonds. The van der Waals surface area contributed by atoms with Crippen LogP contribution in [0.1, 0.15) is 32.6 Å². The quantitative estimate of drug-likeness (QED) is 0.500.